The molecule has 0 aliphatic carbocycles. The third kappa shape index (κ3) is 3.24. The number of nitrogens with one attached hydrogen (secondary N) is 1. The molecule has 3 N–H and O–H groups in total. The molecule has 6 nitrogen and oxygen atoms in total. The highest BCUT2D eigenvalue weighted by atomic mass is 16.6. The molecule has 0 atom stereocenters. The van der Waals surface area contributed by atoms with E-state index >= 15 is 0 Å². The summed E-state index contributed by atoms with van der Waals surface area (Å²) in [6, 6.07) is 1.42. The molecule has 0 unspecified atom stereocenters. The molecule has 1 heterocycles. The van der Waals surface area contributed by atoms with E-state index in [1.165, 1.54) is 19.3 Å². The smallest absolute Gasteiger partial charge is 0.419 e. The number of nitrogens with zero attached hydrogens (tertiary/aromatic N) is 1. The van der Waals surface area contributed by atoms with Crippen molar-refractivity contribution in [2.24, 2.45) is 0 Å². The summed E-state index contributed by atoms with van der Waals surface area (Å²) in [4.78, 5) is 23.3. The second-order valence-corrected chi connectivity index (χ2v) is 4.59. The molecule has 0 spiro atoms. The molecule has 0 aliphatic rings. The van der Waals surface area contributed by atoms with Gasteiger partial charge >= 0.3 is 6.09 Å². The van der Waals surface area contributed by atoms with Crippen molar-refractivity contribution in [2.75, 3.05) is 12.8 Å². The molecule has 1 aromatic rings. The van der Waals surface area contributed by atoms with Gasteiger partial charge in [0.2, 0.25) is 0 Å². The van der Waals surface area contributed by atoms with Gasteiger partial charge in [-0.1, -0.05) is 0 Å². The van der Waals surface area contributed by atoms with Crippen LogP contribution in [0.2, 0.25) is 0 Å². The molecule has 0 saturated heterocycles. The van der Waals surface area contributed by atoms with Crippen LogP contribution in [0.3, 0.4) is 0 Å². The Hall–Kier alpha value is -1.98. The van der Waals surface area contributed by atoms with E-state index in [-0.39, 0.29) is 5.69 Å². The highest BCUT2D eigenvalue weighted by molar-refractivity contribution is 5.97. The van der Waals surface area contributed by atoms with Gasteiger partial charge in [0.15, 0.2) is 0 Å². The maximum Gasteiger partial charge on any atom is 0.419 e. The SMILES string of the molecule is CNC(=O)c1cc(N)cn1C(=O)OC(C)(C)C. The fraction of sp³-hybridized carbons (Fsp3) is 0.455. The number of anilines is 1. The van der Waals surface area contributed by atoms with E-state index in [4.69, 9.17) is 10.5 Å². The van der Waals surface area contributed by atoms with Crippen LogP contribution in [0, 0.1) is 0 Å². The van der Waals surface area contributed by atoms with Crippen molar-refractivity contribution in [1.82, 2.24) is 9.88 Å². The number of carbonyl (C=O) groups is 2. The minimum atomic E-state index is -0.632. The first-order chi connectivity index (χ1) is 7.74. The monoisotopic (exact) mass is 239 g/mol. The van der Waals surface area contributed by atoms with Gasteiger partial charge in [0, 0.05) is 13.2 Å². The summed E-state index contributed by atoms with van der Waals surface area (Å²) in [5, 5.41) is 2.43. The van der Waals surface area contributed by atoms with Crippen LogP contribution in [0.4, 0.5) is 10.5 Å². The number of amides is 1. The normalized spacial score (nSPS) is 11.1. The van der Waals surface area contributed by atoms with Gasteiger partial charge in [0.05, 0.1) is 5.69 Å². The number of rotatable bonds is 1. The van der Waals surface area contributed by atoms with Crippen molar-refractivity contribution in [3.05, 3.63) is 18.0 Å². The predicted molar refractivity (Wildman–Crippen MR) is 63.9 cm³/mol. The molecule has 0 radical (unpaired) electrons. The zero-order valence-corrected chi connectivity index (χ0v) is 10.4. The summed E-state index contributed by atoms with van der Waals surface area (Å²) in [6.07, 6.45) is 0.728. The lowest BCUT2D eigenvalue weighted by Crippen LogP contribution is -2.30. The molecular formula is C11H17N3O3. The van der Waals surface area contributed by atoms with Gasteiger partial charge in [-0.25, -0.2) is 9.36 Å². The highest BCUT2D eigenvalue weighted by Gasteiger charge is 2.22. The quantitative estimate of drug-likeness (QED) is 0.771. The minimum Gasteiger partial charge on any atom is -0.443 e. The van der Waals surface area contributed by atoms with Crippen LogP contribution in [0.1, 0.15) is 31.3 Å². The van der Waals surface area contributed by atoms with Gasteiger partial charge in [-0.2, -0.15) is 0 Å². The first-order valence-electron chi connectivity index (χ1n) is 5.18. The number of aromatic nitrogens is 1. The number of ether oxygens (including phenoxy) is 1. The first-order valence-corrected chi connectivity index (χ1v) is 5.18. The third-order valence-corrected chi connectivity index (χ3v) is 1.89. The Morgan fingerprint density at radius 3 is 2.47 bits per heavy atom. The van der Waals surface area contributed by atoms with Crippen molar-refractivity contribution < 1.29 is 14.3 Å². The number of carbonyl (C=O) groups excluding carboxylic acids is 2. The number of nitrogen functional groups attached to an aromatic ring is 1. The molecule has 1 rings (SSSR count). The Labute approximate surface area is 99.7 Å². The van der Waals surface area contributed by atoms with Crippen LogP contribution in [0.5, 0.6) is 0 Å². The fourth-order valence-corrected chi connectivity index (χ4v) is 1.25. The molecular weight excluding hydrogens is 222 g/mol. The van der Waals surface area contributed by atoms with Gasteiger partial charge < -0.3 is 15.8 Å². The topological polar surface area (TPSA) is 86.4 Å². The molecule has 17 heavy (non-hydrogen) atoms. The highest BCUT2D eigenvalue weighted by Crippen LogP contribution is 2.14. The number of hydrogen-bond acceptors (Lipinski definition) is 4. The van der Waals surface area contributed by atoms with Gasteiger partial charge in [-0.15, -0.1) is 0 Å². The van der Waals surface area contributed by atoms with Crippen molar-refractivity contribution in [1.29, 1.82) is 0 Å². The van der Waals surface area contributed by atoms with E-state index < -0.39 is 17.6 Å². The van der Waals surface area contributed by atoms with Crippen LogP contribution < -0.4 is 11.1 Å². The summed E-state index contributed by atoms with van der Waals surface area (Å²) < 4.78 is 6.26. The van der Waals surface area contributed by atoms with Crippen molar-refractivity contribution in [2.45, 2.75) is 26.4 Å². The van der Waals surface area contributed by atoms with E-state index in [0.29, 0.717) is 5.69 Å². The molecule has 1 aromatic heterocycles. The van der Waals surface area contributed by atoms with Crippen LogP contribution in [-0.2, 0) is 4.74 Å². The minimum absolute atomic E-state index is 0.152. The molecule has 6 heteroatoms. The predicted octanol–water partition coefficient (Wildman–Crippen LogP) is 1.21. The van der Waals surface area contributed by atoms with Crippen LogP contribution in [-0.4, -0.2) is 29.2 Å². The van der Waals surface area contributed by atoms with E-state index in [2.05, 4.69) is 5.32 Å². The second kappa shape index (κ2) is 4.48. The third-order valence-electron chi connectivity index (χ3n) is 1.89. The van der Waals surface area contributed by atoms with Gasteiger partial charge in [-0.05, 0) is 26.8 Å². The zero-order chi connectivity index (χ0) is 13.2. The Balaban J connectivity index is 3.05. The standard InChI is InChI=1S/C11H17N3O3/c1-11(2,3)17-10(16)14-6-7(12)5-8(14)9(15)13-4/h5-6H,12H2,1-4H3,(H,13,15). The molecule has 1 amide bonds. The Bertz CT molecular complexity index is 443. The van der Waals surface area contributed by atoms with E-state index in [1.54, 1.807) is 20.8 Å². The van der Waals surface area contributed by atoms with Crippen LogP contribution in [0.15, 0.2) is 12.3 Å². The Morgan fingerprint density at radius 2 is 2.00 bits per heavy atom. The van der Waals surface area contributed by atoms with E-state index in [1.807, 2.05) is 0 Å². The van der Waals surface area contributed by atoms with Gasteiger partial charge in [0.1, 0.15) is 11.3 Å². The lowest BCUT2D eigenvalue weighted by molar-refractivity contribution is 0.0527. The summed E-state index contributed by atoms with van der Waals surface area (Å²) in [7, 11) is 1.48. The largest absolute Gasteiger partial charge is 0.443 e. The average molecular weight is 239 g/mol. The van der Waals surface area contributed by atoms with Crippen molar-refractivity contribution in [3.63, 3.8) is 0 Å². The lowest BCUT2D eigenvalue weighted by Gasteiger charge is -2.20. The number of hydrogen-bond donors (Lipinski definition) is 2. The van der Waals surface area contributed by atoms with E-state index in [9.17, 15) is 9.59 Å². The summed E-state index contributed by atoms with van der Waals surface area (Å²) in [5.74, 6) is -0.396. The Kier molecular flexibility index (Phi) is 3.45. The van der Waals surface area contributed by atoms with Gasteiger partial charge in [-0.3, -0.25) is 4.79 Å². The first kappa shape index (κ1) is 13.1. The summed E-state index contributed by atoms with van der Waals surface area (Å²) in [6.45, 7) is 5.24. The molecule has 0 saturated carbocycles. The summed E-state index contributed by atoms with van der Waals surface area (Å²) in [5.41, 5.74) is 5.42. The Morgan fingerprint density at radius 1 is 1.41 bits per heavy atom. The molecule has 0 fully saturated rings. The van der Waals surface area contributed by atoms with Crippen molar-refractivity contribution in [3.8, 4) is 0 Å². The average Bonchev–Trinajstić information content (AvgIpc) is 2.56. The molecule has 0 aromatic carbocycles. The van der Waals surface area contributed by atoms with Crippen LogP contribution in [0.25, 0.3) is 0 Å². The second-order valence-electron chi connectivity index (χ2n) is 4.59. The molecule has 94 valence electrons. The van der Waals surface area contributed by atoms with Crippen LogP contribution >= 0.6 is 0 Å². The van der Waals surface area contributed by atoms with Crippen molar-refractivity contribution >= 4 is 17.7 Å². The lowest BCUT2D eigenvalue weighted by atomic mass is 10.2. The zero-order valence-electron chi connectivity index (χ0n) is 10.4. The summed E-state index contributed by atoms with van der Waals surface area (Å²) >= 11 is 0. The molecule has 0 aliphatic heterocycles. The number of nitrogens with two attached hydrogens (primary N) is 1. The van der Waals surface area contributed by atoms with E-state index in [0.717, 1.165) is 4.57 Å². The maximum atomic E-state index is 11.8. The molecule has 0 bridgehead atoms. The van der Waals surface area contributed by atoms with Gasteiger partial charge in [0.25, 0.3) is 5.91 Å². The fourth-order valence-electron chi connectivity index (χ4n) is 1.25. The maximum absolute atomic E-state index is 11.8.